The average molecular weight is 184 g/mol. The molecule has 2 atom stereocenters. The molecule has 1 rings (SSSR count). The summed E-state index contributed by atoms with van der Waals surface area (Å²) in [7, 11) is 1.80. The van der Waals surface area contributed by atoms with Gasteiger partial charge in [0, 0.05) is 0 Å². The summed E-state index contributed by atoms with van der Waals surface area (Å²) in [6, 6.07) is 8.62. The van der Waals surface area contributed by atoms with Gasteiger partial charge in [0.1, 0.15) is 0 Å². The summed E-state index contributed by atoms with van der Waals surface area (Å²) >= 11 is 0. The van der Waals surface area contributed by atoms with Gasteiger partial charge in [-0.3, -0.25) is 0 Å². The number of aliphatic hydroxyl groups excluding tert-OH is 1. The van der Waals surface area contributed by atoms with E-state index in [1.54, 1.807) is 33.7 Å². The Bertz CT molecular complexity index is 260. The molecule has 64 valence electrons. The molecule has 0 fully saturated rings. The molecule has 1 aromatic rings. The number of aliphatic hydroxyl groups is 1. The van der Waals surface area contributed by atoms with E-state index < -0.39 is 12.1 Å². The van der Waals surface area contributed by atoms with Crippen molar-refractivity contribution >= 4 is 15.4 Å². The maximum absolute atomic E-state index is 10.8. The van der Waals surface area contributed by atoms with Gasteiger partial charge in [-0.15, -0.1) is 0 Å². The van der Waals surface area contributed by atoms with Crippen LogP contribution in [0.2, 0.25) is 0 Å². The molecule has 12 heavy (non-hydrogen) atoms. The predicted molar refractivity (Wildman–Crippen MR) is 47.2 cm³/mol. The quantitative estimate of drug-likeness (QED) is 0.699. The van der Waals surface area contributed by atoms with Gasteiger partial charge in [-0.25, -0.2) is 4.79 Å². The summed E-state index contributed by atoms with van der Waals surface area (Å²) in [5.74, 6) is -0.675. The van der Waals surface area contributed by atoms with Crippen LogP contribution in [0.3, 0.4) is 0 Å². The Kier molecular flexibility index (Phi) is 3.20. The third kappa shape index (κ3) is 2.03. The van der Waals surface area contributed by atoms with Crippen LogP contribution >= 0.6 is 9.47 Å². The van der Waals surface area contributed by atoms with Crippen molar-refractivity contribution in [1.29, 1.82) is 0 Å². The first-order valence-electron chi connectivity index (χ1n) is 3.39. The van der Waals surface area contributed by atoms with Gasteiger partial charge in [0.15, 0.2) is 6.10 Å². The fourth-order valence-corrected chi connectivity index (χ4v) is 0.965. The molecule has 0 saturated heterocycles. The first-order valence-corrected chi connectivity index (χ1v) is 3.86. The van der Waals surface area contributed by atoms with Crippen molar-refractivity contribution < 1.29 is 14.4 Å². The van der Waals surface area contributed by atoms with E-state index in [9.17, 15) is 9.90 Å². The Balaban J connectivity index is 2.78. The molecule has 0 aliphatic heterocycles. The van der Waals surface area contributed by atoms with Gasteiger partial charge in [0.05, 0.1) is 9.47 Å². The van der Waals surface area contributed by atoms with Crippen molar-refractivity contribution in [3.05, 3.63) is 35.9 Å². The summed E-state index contributed by atoms with van der Waals surface area (Å²) in [5, 5.41) is 9.30. The summed E-state index contributed by atoms with van der Waals surface area (Å²) in [5.41, 5.74) is 0.532. The predicted octanol–water partition coefficient (Wildman–Crippen LogP) is 1.05. The lowest BCUT2D eigenvalue weighted by Crippen LogP contribution is -2.10. The summed E-state index contributed by atoms with van der Waals surface area (Å²) in [6.45, 7) is 0. The molecule has 0 radical (unpaired) electrons. The lowest BCUT2D eigenvalue weighted by atomic mass is 10.1. The van der Waals surface area contributed by atoms with Crippen molar-refractivity contribution in [2.45, 2.75) is 6.10 Å². The van der Waals surface area contributed by atoms with Crippen LogP contribution in [0.25, 0.3) is 0 Å². The molecule has 0 spiro atoms. The van der Waals surface area contributed by atoms with E-state index in [2.05, 4.69) is 4.52 Å². The molecule has 0 aliphatic carbocycles. The molecule has 0 saturated carbocycles. The Morgan fingerprint density at radius 1 is 1.42 bits per heavy atom. The highest BCUT2D eigenvalue weighted by atomic mass is 31.0. The molecule has 0 heterocycles. The van der Waals surface area contributed by atoms with Crippen LogP contribution in [-0.2, 0) is 9.32 Å². The summed E-state index contributed by atoms with van der Waals surface area (Å²) in [6.07, 6.45) is -1.19. The van der Waals surface area contributed by atoms with Crippen LogP contribution in [-0.4, -0.2) is 11.1 Å². The number of hydrogen-bond acceptors (Lipinski definition) is 3. The van der Waals surface area contributed by atoms with E-state index in [1.165, 1.54) is 0 Å². The first-order chi connectivity index (χ1) is 5.75. The summed E-state index contributed by atoms with van der Waals surface area (Å²) < 4.78 is 4.29. The summed E-state index contributed by atoms with van der Waals surface area (Å²) in [4.78, 5) is 10.8. The van der Waals surface area contributed by atoms with Gasteiger partial charge in [0.25, 0.3) is 0 Å². The molecule has 0 amide bonds. The lowest BCUT2D eigenvalue weighted by Gasteiger charge is -2.06. The Hall–Kier alpha value is -0.920. The number of rotatable bonds is 2. The Labute approximate surface area is 72.6 Å². The third-order valence-electron chi connectivity index (χ3n) is 1.45. The molecular weight excluding hydrogens is 175 g/mol. The Morgan fingerprint density at radius 2 is 2.00 bits per heavy atom. The molecule has 1 aromatic carbocycles. The van der Waals surface area contributed by atoms with Crippen molar-refractivity contribution in [3.63, 3.8) is 0 Å². The van der Waals surface area contributed by atoms with E-state index in [-0.39, 0.29) is 0 Å². The van der Waals surface area contributed by atoms with Crippen molar-refractivity contribution in [2.24, 2.45) is 0 Å². The highest BCUT2D eigenvalue weighted by molar-refractivity contribution is 7.10. The fourth-order valence-electron chi connectivity index (χ4n) is 0.836. The van der Waals surface area contributed by atoms with E-state index in [4.69, 9.17) is 0 Å². The minimum atomic E-state index is -1.19. The zero-order valence-electron chi connectivity index (χ0n) is 6.31. The lowest BCUT2D eigenvalue weighted by molar-refractivity contribution is -0.142. The van der Waals surface area contributed by atoms with E-state index >= 15 is 0 Å². The van der Waals surface area contributed by atoms with Gasteiger partial charge >= 0.3 is 5.97 Å². The zero-order chi connectivity index (χ0) is 8.97. The highest BCUT2D eigenvalue weighted by Gasteiger charge is 2.16. The van der Waals surface area contributed by atoms with E-state index in [0.717, 1.165) is 0 Å². The Morgan fingerprint density at radius 3 is 2.50 bits per heavy atom. The van der Waals surface area contributed by atoms with E-state index in [1.807, 2.05) is 6.07 Å². The van der Waals surface area contributed by atoms with Crippen LogP contribution in [0.1, 0.15) is 11.7 Å². The van der Waals surface area contributed by atoms with Gasteiger partial charge in [-0.1, -0.05) is 30.3 Å². The van der Waals surface area contributed by atoms with Crippen LogP contribution in [0.15, 0.2) is 30.3 Å². The molecule has 0 bridgehead atoms. The smallest absolute Gasteiger partial charge is 0.341 e. The average Bonchev–Trinajstić information content (AvgIpc) is 2.17. The molecule has 1 unspecified atom stereocenters. The topological polar surface area (TPSA) is 46.5 Å². The highest BCUT2D eigenvalue weighted by Crippen LogP contribution is 2.14. The van der Waals surface area contributed by atoms with Crippen LogP contribution < -0.4 is 0 Å². The number of hydrogen-bond donors (Lipinski definition) is 1. The second-order valence-electron chi connectivity index (χ2n) is 2.25. The largest absolute Gasteiger partial charge is 0.449 e. The SMILES string of the molecule is O=C(OP)[C@H](O)c1ccccc1. The van der Waals surface area contributed by atoms with Crippen molar-refractivity contribution in [1.82, 2.24) is 0 Å². The van der Waals surface area contributed by atoms with Gasteiger partial charge < -0.3 is 9.63 Å². The molecular formula is C8H9O3P. The monoisotopic (exact) mass is 184 g/mol. The zero-order valence-corrected chi connectivity index (χ0v) is 7.46. The normalized spacial score (nSPS) is 12.2. The third-order valence-corrected chi connectivity index (χ3v) is 1.69. The second kappa shape index (κ2) is 4.19. The van der Waals surface area contributed by atoms with Crippen molar-refractivity contribution in [3.8, 4) is 0 Å². The molecule has 4 heteroatoms. The number of carbonyl (C=O) groups is 1. The van der Waals surface area contributed by atoms with Gasteiger partial charge in [-0.2, -0.15) is 0 Å². The first kappa shape index (κ1) is 9.17. The minimum absolute atomic E-state index is 0.532. The standard InChI is InChI=1S/C8H9O3P/c9-7(8(10)11-12)6-4-2-1-3-5-6/h1-5,7,9H,12H2/t7-/m1/s1. The molecule has 0 aliphatic rings. The van der Waals surface area contributed by atoms with Crippen molar-refractivity contribution in [2.75, 3.05) is 0 Å². The van der Waals surface area contributed by atoms with Crippen LogP contribution in [0.5, 0.6) is 0 Å². The van der Waals surface area contributed by atoms with Gasteiger partial charge in [-0.05, 0) is 5.56 Å². The molecule has 0 aromatic heterocycles. The fraction of sp³-hybridized carbons (Fsp3) is 0.125. The molecule has 1 N–H and O–H groups in total. The molecule has 3 nitrogen and oxygen atoms in total. The van der Waals surface area contributed by atoms with Crippen LogP contribution in [0, 0.1) is 0 Å². The minimum Gasteiger partial charge on any atom is -0.449 e. The number of benzene rings is 1. The second-order valence-corrected chi connectivity index (χ2v) is 2.49. The number of carbonyl (C=O) groups excluding carboxylic acids is 1. The maximum atomic E-state index is 10.8. The van der Waals surface area contributed by atoms with Crippen LogP contribution in [0.4, 0.5) is 0 Å². The maximum Gasteiger partial charge on any atom is 0.341 e. The van der Waals surface area contributed by atoms with E-state index in [0.29, 0.717) is 5.56 Å². The van der Waals surface area contributed by atoms with Gasteiger partial charge in [0.2, 0.25) is 0 Å².